The van der Waals surface area contributed by atoms with Gasteiger partial charge < -0.3 is 9.47 Å². The van der Waals surface area contributed by atoms with Gasteiger partial charge in [0.25, 0.3) is 11.8 Å². The SMILES string of the molecule is O=C1NC(=O)N(c2ccc(Cl)cc2)C(=O)/C1=C/c1cccc(OCCOc2ccc(Br)cc2)c1. The van der Waals surface area contributed by atoms with E-state index in [0.29, 0.717) is 35.2 Å². The topological polar surface area (TPSA) is 84.9 Å². The second kappa shape index (κ2) is 10.5. The summed E-state index contributed by atoms with van der Waals surface area (Å²) in [6, 6.07) is 19.7. The third-order valence-corrected chi connectivity index (χ3v) is 5.57. The van der Waals surface area contributed by atoms with Crippen LogP contribution in [0.2, 0.25) is 5.02 Å². The normalized spacial score (nSPS) is 14.8. The molecule has 1 aliphatic rings. The number of imide groups is 2. The summed E-state index contributed by atoms with van der Waals surface area (Å²) in [4.78, 5) is 38.6. The molecule has 1 fully saturated rings. The number of hydrogen-bond donors (Lipinski definition) is 1. The molecule has 1 heterocycles. The molecule has 34 heavy (non-hydrogen) atoms. The summed E-state index contributed by atoms with van der Waals surface area (Å²) >= 11 is 9.26. The molecule has 1 saturated heterocycles. The van der Waals surface area contributed by atoms with Gasteiger partial charge in [-0.05, 0) is 72.3 Å². The average molecular weight is 542 g/mol. The Morgan fingerprint density at radius 2 is 1.56 bits per heavy atom. The fourth-order valence-corrected chi connectivity index (χ4v) is 3.58. The predicted octanol–water partition coefficient (Wildman–Crippen LogP) is 5.23. The van der Waals surface area contributed by atoms with E-state index in [1.165, 1.54) is 18.2 Å². The summed E-state index contributed by atoms with van der Waals surface area (Å²) in [6.45, 7) is 0.639. The van der Waals surface area contributed by atoms with Gasteiger partial charge in [0.1, 0.15) is 30.3 Å². The van der Waals surface area contributed by atoms with Crippen molar-refractivity contribution in [2.24, 2.45) is 0 Å². The summed E-state index contributed by atoms with van der Waals surface area (Å²) < 4.78 is 12.3. The van der Waals surface area contributed by atoms with E-state index in [1.54, 1.807) is 36.4 Å². The van der Waals surface area contributed by atoms with E-state index < -0.39 is 17.8 Å². The molecule has 4 rings (SSSR count). The first-order valence-electron chi connectivity index (χ1n) is 10.2. The highest BCUT2D eigenvalue weighted by Gasteiger charge is 2.36. The van der Waals surface area contributed by atoms with Crippen molar-refractivity contribution in [2.75, 3.05) is 18.1 Å². The number of nitrogens with one attached hydrogen (secondary N) is 1. The summed E-state index contributed by atoms with van der Waals surface area (Å²) in [5.41, 5.74) is 0.689. The van der Waals surface area contributed by atoms with Crippen LogP contribution in [-0.2, 0) is 9.59 Å². The van der Waals surface area contributed by atoms with Crippen molar-refractivity contribution < 1.29 is 23.9 Å². The summed E-state index contributed by atoms with van der Waals surface area (Å²) in [5.74, 6) is -0.227. The maximum atomic E-state index is 13.0. The van der Waals surface area contributed by atoms with Crippen LogP contribution in [0.3, 0.4) is 0 Å². The number of rotatable bonds is 7. The lowest BCUT2D eigenvalue weighted by molar-refractivity contribution is -0.122. The summed E-state index contributed by atoms with van der Waals surface area (Å²) in [5, 5.41) is 2.65. The minimum atomic E-state index is -0.822. The van der Waals surface area contributed by atoms with Crippen LogP contribution in [0.4, 0.5) is 10.5 Å². The molecule has 172 valence electrons. The number of urea groups is 1. The molecule has 1 N–H and O–H groups in total. The van der Waals surface area contributed by atoms with Gasteiger partial charge in [-0.15, -0.1) is 0 Å². The number of hydrogen-bond acceptors (Lipinski definition) is 5. The molecule has 3 aromatic rings. The van der Waals surface area contributed by atoms with E-state index in [9.17, 15) is 14.4 Å². The van der Waals surface area contributed by atoms with E-state index in [0.717, 1.165) is 15.1 Å². The number of carbonyl (C=O) groups is 3. The minimum absolute atomic E-state index is 0.176. The van der Waals surface area contributed by atoms with Crippen molar-refractivity contribution in [3.63, 3.8) is 0 Å². The van der Waals surface area contributed by atoms with Gasteiger partial charge >= 0.3 is 6.03 Å². The van der Waals surface area contributed by atoms with Crippen molar-refractivity contribution in [3.05, 3.63) is 93.4 Å². The van der Waals surface area contributed by atoms with Crippen LogP contribution in [0.25, 0.3) is 6.08 Å². The van der Waals surface area contributed by atoms with Gasteiger partial charge in [-0.1, -0.05) is 39.7 Å². The number of benzene rings is 3. The molecule has 7 nitrogen and oxygen atoms in total. The second-order valence-electron chi connectivity index (χ2n) is 7.16. The third kappa shape index (κ3) is 5.65. The number of amides is 4. The van der Waals surface area contributed by atoms with E-state index >= 15 is 0 Å². The lowest BCUT2D eigenvalue weighted by atomic mass is 10.1. The first kappa shape index (κ1) is 23.5. The molecule has 3 aromatic carbocycles. The lowest BCUT2D eigenvalue weighted by Gasteiger charge is -2.26. The Morgan fingerprint density at radius 1 is 0.882 bits per heavy atom. The predicted molar refractivity (Wildman–Crippen MR) is 132 cm³/mol. The number of anilines is 1. The van der Waals surface area contributed by atoms with Crippen LogP contribution in [0.1, 0.15) is 5.56 Å². The second-order valence-corrected chi connectivity index (χ2v) is 8.51. The molecule has 9 heteroatoms. The van der Waals surface area contributed by atoms with Gasteiger partial charge in [0, 0.05) is 9.50 Å². The van der Waals surface area contributed by atoms with Crippen LogP contribution in [0.5, 0.6) is 11.5 Å². The van der Waals surface area contributed by atoms with Gasteiger partial charge in [-0.3, -0.25) is 14.9 Å². The van der Waals surface area contributed by atoms with E-state index in [2.05, 4.69) is 21.2 Å². The highest BCUT2D eigenvalue weighted by Crippen LogP contribution is 2.24. The first-order chi connectivity index (χ1) is 16.4. The number of nitrogens with zero attached hydrogens (tertiary/aromatic N) is 1. The van der Waals surface area contributed by atoms with Crippen LogP contribution in [0, 0.1) is 0 Å². The zero-order valence-electron chi connectivity index (χ0n) is 17.7. The molecule has 0 bridgehead atoms. The average Bonchev–Trinajstić information content (AvgIpc) is 2.82. The Labute approximate surface area is 209 Å². The largest absolute Gasteiger partial charge is 0.490 e. The Morgan fingerprint density at radius 3 is 2.26 bits per heavy atom. The van der Waals surface area contributed by atoms with Gasteiger partial charge in [-0.25, -0.2) is 9.69 Å². The van der Waals surface area contributed by atoms with Gasteiger partial charge in [0.2, 0.25) is 0 Å². The Balaban J connectivity index is 1.44. The summed E-state index contributed by atoms with van der Waals surface area (Å²) in [7, 11) is 0. The lowest BCUT2D eigenvalue weighted by Crippen LogP contribution is -2.54. The Hall–Kier alpha value is -3.62. The molecule has 0 radical (unpaired) electrons. The summed E-state index contributed by atoms with van der Waals surface area (Å²) in [6.07, 6.45) is 1.41. The maximum absolute atomic E-state index is 13.0. The Bertz CT molecular complexity index is 1260. The van der Waals surface area contributed by atoms with Crippen molar-refractivity contribution in [2.45, 2.75) is 0 Å². The number of carbonyl (C=O) groups excluding carboxylic acids is 3. The minimum Gasteiger partial charge on any atom is -0.490 e. The molecule has 0 atom stereocenters. The van der Waals surface area contributed by atoms with Crippen molar-refractivity contribution in [3.8, 4) is 11.5 Å². The molecule has 0 aromatic heterocycles. The molecule has 1 aliphatic heterocycles. The van der Waals surface area contributed by atoms with Crippen molar-refractivity contribution in [1.82, 2.24) is 5.32 Å². The number of halogens is 2. The highest BCUT2D eigenvalue weighted by molar-refractivity contribution is 9.10. The van der Waals surface area contributed by atoms with Crippen LogP contribution < -0.4 is 19.7 Å². The smallest absolute Gasteiger partial charge is 0.335 e. The molecule has 0 saturated carbocycles. The van der Waals surface area contributed by atoms with Gasteiger partial charge in [-0.2, -0.15) is 0 Å². The van der Waals surface area contributed by atoms with E-state index in [4.69, 9.17) is 21.1 Å². The zero-order chi connectivity index (χ0) is 24.1. The molecule has 4 amide bonds. The quantitative estimate of drug-likeness (QED) is 0.252. The third-order valence-electron chi connectivity index (χ3n) is 4.79. The molecule has 0 spiro atoms. The molecule has 0 unspecified atom stereocenters. The van der Waals surface area contributed by atoms with Crippen LogP contribution >= 0.6 is 27.5 Å². The number of ether oxygens (including phenoxy) is 2. The number of barbiturate groups is 1. The molecular formula is C25H18BrClN2O5. The van der Waals surface area contributed by atoms with Crippen molar-refractivity contribution >= 4 is 57.1 Å². The van der Waals surface area contributed by atoms with Crippen molar-refractivity contribution in [1.29, 1.82) is 0 Å². The first-order valence-corrected chi connectivity index (χ1v) is 11.4. The Kier molecular flexibility index (Phi) is 7.30. The fourth-order valence-electron chi connectivity index (χ4n) is 3.19. The monoisotopic (exact) mass is 540 g/mol. The zero-order valence-corrected chi connectivity index (χ0v) is 20.0. The van der Waals surface area contributed by atoms with E-state index in [-0.39, 0.29) is 5.57 Å². The van der Waals surface area contributed by atoms with Crippen LogP contribution in [0.15, 0.2) is 82.8 Å². The molecular weight excluding hydrogens is 524 g/mol. The molecule has 0 aliphatic carbocycles. The van der Waals surface area contributed by atoms with Crippen LogP contribution in [-0.4, -0.2) is 31.1 Å². The fraction of sp³-hybridized carbons (Fsp3) is 0.0800. The van der Waals surface area contributed by atoms with Gasteiger partial charge in [0.15, 0.2) is 0 Å². The highest BCUT2D eigenvalue weighted by atomic mass is 79.9. The van der Waals surface area contributed by atoms with E-state index in [1.807, 2.05) is 24.3 Å². The maximum Gasteiger partial charge on any atom is 0.335 e. The standard InChI is InChI=1S/C25H18BrClN2O5/c26-17-4-10-20(11-5-17)33-12-13-34-21-3-1-2-16(14-21)15-22-23(30)28-25(32)29(24(22)31)19-8-6-18(27)7-9-19/h1-11,14-15H,12-13H2,(H,28,30,32)/b22-15+. The van der Waals surface area contributed by atoms with Gasteiger partial charge in [0.05, 0.1) is 5.69 Å².